The van der Waals surface area contributed by atoms with Crippen LogP contribution in [0.15, 0.2) is 42.6 Å². The van der Waals surface area contributed by atoms with Crippen molar-refractivity contribution in [3.63, 3.8) is 0 Å². The average molecular weight is 323 g/mol. The number of H-pyrrole nitrogens is 1. The number of hydrogen-bond acceptors (Lipinski definition) is 4. The Morgan fingerprint density at radius 2 is 1.92 bits per heavy atom. The second kappa shape index (κ2) is 6.17. The number of nitrogens with zero attached hydrogens (tertiary/aromatic N) is 2. The van der Waals surface area contributed by atoms with Crippen molar-refractivity contribution in [3.8, 4) is 11.5 Å². The summed E-state index contributed by atoms with van der Waals surface area (Å²) in [6.07, 6.45) is 4.35. The summed E-state index contributed by atoms with van der Waals surface area (Å²) in [4.78, 5) is 2.49. The number of ether oxygens (including phenoxy) is 1. The Labute approximate surface area is 140 Å². The van der Waals surface area contributed by atoms with Crippen molar-refractivity contribution < 1.29 is 9.84 Å². The van der Waals surface area contributed by atoms with Crippen LogP contribution in [0.1, 0.15) is 24.0 Å². The maximum absolute atomic E-state index is 9.76. The lowest BCUT2D eigenvalue weighted by atomic mass is 10.1. The van der Waals surface area contributed by atoms with Crippen LogP contribution in [0.5, 0.6) is 11.5 Å². The molecule has 2 aromatic carbocycles. The number of phenols is 1. The fourth-order valence-electron chi connectivity index (χ4n) is 3.13. The maximum Gasteiger partial charge on any atom is 0.160 e. The van der Waals surface area contributed by atoms with E-state index in [2.05, 4.69) is 33.3 Å². The molecule has 1 aliphatic carbocycles. The van der Waals surface area contributed by atoms with E-state index in [1.54, 1.807) is 13.2 Å². The number of aromatic nitrogens is 2. The molecule has 0 saturated heterocycles. The second-order valence-corrected chi connectivity index (χ2v) is 6.43. The van der Waals surface area contributed by atoms with Crippen LogP contribution in [0.3, 0.4) is 0 Å². The summed E-state index contributed by atoms with van der Waals surface area (Å²) >= 11 is 0. The minimum atomic E-state index is 0.184. The van der Waals surface area contributed by atoms with Gasteiger partial charge in [-0.2, -0.15) is 5.10 Å². The van der Waals surface area contributed by atoms with Crippen LogP contribution < -0.4 is 4.74 Å². The molecule has 0 spiro atoms. The average Bonchev–Trinajstić information content (AvgIpc) is 3.34. The van der Waals surface area contributed by atoms with Gasteiger partial charge in [0.2, 0.25) is 0 Å². The van der Waals surface area contributed by atoms with Gasteiger partial charge >= 0.3 is 0 Å². The minimum Gasteiger partial charge on any atom is -0.504 e. The van der Waals surface area contributed by atoms with Crippen molar-refractivity contribution in [1.29, 1.82) is 0 Å². The standard InChI is InChI=1S/C19H21N3O2/c1-24-19-9-14(3-7-18(19)23)12-22(16-5-6-16)11-13-2-4-15-10-20-21-17(15)8-13/h2-4,7-10,16,23H,5-6,11-12H2,1H3,(H,20,21). The number of fused-ring (bicyclic) bond motifs is 1. The summed E-state index contributed by atoms with van der Waals surface area (Å²) in [7, 11) is 1.58. The lowest BCUT2D eigenvalue weighted by molar-refractivity contribution is 0.245. The SMILES string of the molecule is COc1cc(CN(Cc2ccc3cn[nH]c3c2)C2CC2)ccc1O. The normalized spacial score (nSPS) is 14.4. The smallest absolute Gasteiger partial charge is 0.160 e. The van der Waals surface area contributed by atoms with E-state index >= 15 is 0 Å². The highest BCUT2D eigenvalue weighted by Gasteiger charge is 2.29. The predicted molar refractivity (Wildman–Crippen MR) is 93.0 cm³/mol. The molecule has 4 rings (SSSR count). The Morgan fingerprint density at radius 1 is 1.17 bits per heavy atom. The summed E-state index contributed by atoms with van der Waals surface area (Å²) in [5.74, 6) is 0.714. The molecule has 0 unspecified atom stereocenters. The van der Waals surface area contributed by atoms with E-state index in [0.29, 0.717) is 11.8 Å². The van der Waals surface area contributed by atoms with Gasteiger partial charge in [-0.25, -0.2) is 0 Å². The van der Waals surface area contributed by atoms with Crippen LogP contribution >= 0.6 is 0 Å². The Bertz CT molecular complexity index is 855. The molecule has 2 N–H and O–H groups in total. The van der Waals surface area contributed by atoms with Gasteiger partial charge in [-0.1, -0.05) is 18.2 Å². The van der Waals surface area contributed by atoms with Gasteiger partial charge in [0.25, 0.3) is 0 Å². The molecule has 5 heteroatoms. The third kappa shape index (κ3) is 3.08. The summed E-state index contributed by atoms with van der Waals surface area (Å²) in [6.45, 7) is 1.76. The summed E-state index contributed by atoms with van der Waals surface area (Å²) in [5, 5.41) is 18.0. The lowest BCUT2D eigenvalue weighted by Gasteiger charge is -2.22. The molecule has 124 valence electrons. The van der Waals surface area contributed by atoms with Crippen molar-refractivity contribution in [3.05, 3.63) is 53.7 Å². The number of nitrogens with one attached hydrogen (secondary N) is 1. The molecule has 0 atom stereocenters. The molecule has 24 heavy (non-hydrogen) atoms. The lowest BCUT2D eigenvalue weighted by Crippen LogP contribution is -2.25. The van der Waals surface area contributed by atoms with Crippen LogP contribution in [-0.4, -0.2) is 33.4 Å². The summed E-state index contributed by atoms with van der Waals surface area (Å²) < 4.78 is 5.22. The molecule has 1 aromatic heterocycles. The van der Waals surface area contributed by atoms with Gasteiger partial charge in [-0.3, -0.25) is 10.00 Å². The van der Waals surface area contributed by atoms with Gasteiger partial charge in [0.05, 0.1) is 18.8 Å². The Morgan fingerprint density at radius 3 is 2.67 bits per heavy atom. The first-order chi connectivity index (χ1) is 11.7. The quantitative estimate of drug-likeness (QED) is 0.729. The van der Waals surface area contributed by atoms with Crippen molar-refractivity contribution in [2.75, 3.05) is 7.11 Å². The number of hydrogen-bond donors (Lipinski definition) is 2. The first kappa shape index (κ1) is 15.0. The van der Waals surface area contributed by atoms with Gasteiger partial charge in [0.15, 0.2) is 11.5 Å². The monoisotopic (exact) mass is 323 g/mol. The fraction of sp³-hybridized carbons (Fsp3) is 0.316. The second-order valence-electron chi connectivity index (χ2n) is 6.43. The van der Waals surface area contributed by atoms with Crippen LogP contribution in [0.2, 0.25) is 0 Å². The number of aromatic hydroxyl groups is 1. The van der Waals surface area contributed by atoms with Gasteiger partial charge < -0.3 is 9.84 Å². The molecule has 1 heterocycles. The molecule has 5 nitrogen and oxygen atoms in total. The molecule has 0 aliphatic heterocycles. The van der Waals surface area contributed by atoms with E-state index < -0.39 is 0 Å². The van der Waals surface area contributed by atoms with Crippen LogP contribution in [0, 0.1) is 0 Å². The number of methoxy groups -OCH3 is 1. The highest BCUT2D eigenvalue weighted by atomic mass is 16.5. The van der Waals surface area contributed by atoms with E-state index in [0.717, 1.165) is 29.6 Å². The molecule has 3 aromatic rings. The van der Waals surface area contributed by atoms with Gasteiger partial charge in [-0.15, -0.1) is 0 Å². The Balaban J connectivity index is 1.54. The minimum absolute atomic E-state index is 0.184. The third-order valence-corrected chi connectivity index (χ3v) is 4.59. The largest absolute Gasteiger partial charge is 0.504 e. The predicted octanol–water partition coefficient (Wildman–Crippen LogP) is 3.44. The molecular formula is C19H21N3O2. The molecular weight excluding hydrogens is 302 g/mol. The van der Waals surface area contributed by atoms with E-state index in [1.807, 2.05) is 18.3 Å². The molecule has 1 aliphatic rings. The topological polar surface area (TPSA) is 61.4 Å². The summed E-state index contributed by atoms with van der Waals surface area (Å²) in [6, 6.07) is 12.7. The summed E-state index contributed by atoms with van der Waals surface area (Å²) in [5.41, 5.74) is 3.51. The zero-order valence-electron chi connectivity index (χ0n) is 13.7. The number of rotatable bonds is 6. The molecule has 0 bridgehead atoms. The highest BCUT2D eigenvalue weighted by Crippen LogP contribution is 2.32. The number of benzene rings is 2. The third-order valence-electron chi connectivity index (χ3n) is 4.59. The number of phenolic OH excluding ortho intramolecular Hbond substituents is 1. The molecule has 1 saturated carbocycles. The fourth-order valence-corrected chi connectivity index (χ4v) is 3.13. The maximum atomic E-state index is 9.76. The van der Waals surface area contributed by atoms with E-state index in [9.17, 15) is 5.11 Å². The highest BCUT2D eigenvalue weighted by molar-refractivity contribution is 5.78. The zero-order chi connectivity index (χ0) is 16.5. The molecule has 0 amide bonds. The number of aromatic amines is 1. The molecule has 0 radical (unpaired) electrons. The zero-order valence-corrected chi connectivity index (χ0v) is 13.7. The van der Waals surface area contributed by atoms with Crippen LogP contribution in [0.25, 0.3) is 10.9 Å². The van der Waals surface area contributed by atoms with Crippen molar-refractivity contribution in [2.24, 2.45) is 0 Å². The molecule has 1 fully saturated rings. The van der Waals surface area contributed by atoms with E-state index in [-0.39, 0.29) is 5.75 Å². The van der Waals surface area contributed by atoms with Gasteiger partial charge in [0.1, 0.15) is 0 Å². The van der Waals surface area contributed by atoms with Crippen LogP contribution in [0.4, 0.5) is 0 Å². The van der Waals surface area contributed by atoms with Crippen molar-refractivity contribution in [1.82, 2.24) is 15.1 Å². The van der Waals surface area contributed by atoms with Gasteiger partial charge in [-0.05, 0) is 42.2 Å². The van der Waals surface area contributed by atoms with E-state index in [4.69, 9.17) is 4.74 Å². The van der Waals surface area contributed by atoms with Crippen LogP contribution in [-0.2, 0) is 13.1 Å². The van der Waals surface area contributed by atoms with Gasteiger partial charge in [0, 0.05) is 24.5 Å². The van der Waals surface area contributed by atoms with Crippen molar-refractivity contribution >= 4 is 10.9 Å². The first-order valence-corrected chi connectivity index (χ1v) is 8.25. The van der Waals surface area contributed by atoms with Crippen molar-refractivity contribution in [2.45, 2.75) is 32.0 Å². The van der Waals surface area contributed by atoms with E-state index in [1.165, 1.54) is 18.4 Å². The Kier molecular flexibility index (Phi) is 3.86. The Hall–Kier alpha value is -2.53. The first-order valence-electron chi connectivity index (χ1n) is 8.25.